The van der Waals surface area contributed by atoms with Gasteiger partial charge in [0.25, 0.3) is 0 Å². The number of fused-ring (bicyclic) bond motifs is 1. The molecule has 1 N–H and O–H groups in total. The highest BCUT2D eigenvalue weighted by atomic mass is 16.2. The van der Waals surface area contributed by atoms with Gasteiger partial charge in [0.1, 0.15) is 0 Å². The molecule has 2 fully saturated rings. The van der Waals surface area contributed by atoms with Crippen LogP contribution in [0.25, 0.3) is 0 Å². The van der Waals surface area contributed by atoms with Crippen LogP contribution in [0, 0.1) is 11.8 Å². The van der Waals surface area contributed by atoms with E-state index in [-0.39, 0.29) is 23.7 Å². The summed E-state index contributed by atoms with van der Waals surface area (Å²) in [6.07, 6.45) is 7.09. The molecule has 3 unspecified atom stereocenters. The summed E-state index contributed by atoms with van der Waals surface area (Å²) in [5, 5.41) is 3.52. The summed E-state index contributed by atoms with van der Waals surface area (Å²) in [4.78, 5) is 26.0. The summed E-state index contributed by atoms with van der Waals surface area (Å²) in [5.41, 5.74) is 0. The van der Waals surface area contributed by atoms with E-state index in [2.05, 4.69) is 19.2 Å². The molecule has 1 aliphatic carbocycles. The number of rotatable bonds is 8. The molecule has 3 atom stereocenters. The molecule has 1 saturated carbocycles. The number of hydrogen-bond acceptors (Lipinski definition) is 3. The molecule has 114 valence electrons. The average Bonchev–Trinajstić information content (AvgIpc) is 3.01. The van der Waals surface area contributed by atoms with E-state index >= 15 is 0 Å². The summed E-state index contributed by atoms with van der Waals surface area (Å²) in [6, 6.07) is 0.516. The van der Waals surface area contributed by atoms with Gasteiger partial charge in [-0.15, -0.1) is 0 Å². The maximum Gasteiger partial charge on any atom is 0.233 e. The minimum Gasteiger partial charge on any atom is -0.314 e. The Hall–Kier alpha value is -0.900. The standard InChI is InChI=1S/C16H28N2O2/c1-3-10-17-12(4-2)7-6-11-18-15(19)13-8-5-9-14(13)16(18)20/h12-14,17H,3-11H2,1-2H3. The first-order valence-electron chi connectivity index (χ1n) is 8.27. The van der Waals surface area contributed by atoms with Crippen LogP contribution in [0.2, 0.25) is 0 Å². The second kappa shape index (κ2) is 7.21. The van der Waals surface area contributed by atoms with Crippen LogP contribution in [0.1, 0.15) is 58.8 Å². The number of imide groups is 1. The molecule has 0 spiro atoms. The SMILES string of the molecule is CCCNC(CC)CCCN1C(=O)C2CCCC2C1=O. The van der Waals surface area contributed by atoms with Crippen molar-refractivity contribution in [2.75, 3.05) is 13.1 Å². The van der Waals surface area contributed by atoms with Gasteiger partial charge in [-0.3, -0.25) is 14.5 Å². The van der Waals surface area contributed by atoms with Crippen molar-refractivity contribution in [1.82, 2.24) is 10.2 Å². The molecule has 1 saturated heterocycles. The number of nitrogens with zero attached hydrogens (tertiary/aromatic N) is 1. The van der Waals surface area contributed by atoms with Gasteiger partial charge in [-0.1, -0.05) is 20.3 Å². The van der Waals surface area contributed by atoms with Gasteiger partial charge in [-0.05, 0) is 45.1 Å². The van der Waals surface area contributed by atoms with E-state index in [4.69, 9.17) is 0 Å². The van der Waals surface area contributed by atoms with E-state index in [1.54, 1.807) is 4.90 Å². The highest BCUT2D eigenvalue weighted by Gasteiger charge is 2.49. The van der Waals surface area contributed by atoms with Crippen molar-refractivity contribution in [3.05, 3.63) is 0 Å². The van der Waals surface area contributed by atoms with Crippen LogP contribution >= 0.6 is 0 Å². The Morgan fingerprint density at radius 3 is 2.40 bits per heavy atom. The van der Waals surface area contributed by atoms with Crippen LogP contribution in [-0.4, -0.2) is 35.8 Å². The molecule has 1 aliphatic heterocycles. The van der Waals surface area contributed by atoms with Gasteiger partial charge in [-0.2, -0.15) is 0 Å². The Bertz CT molecular complexity index is 334. The van der Waals surface area contributed by atoms with Crippen LogP contribution in [-0.2, 0) is 9.59 Å². The normalized spacial score (nSPS) is 27.2. The second-order valence-corrected chi connectivity index (χ2v) is 6.17. The van der Waals surface area contributed by atoms with E-state index in [0.717, 1.165) is 51.5 Å². The molecule has 0 aromatic carbocycles. The predicted octanol–water partition coefficient (Wildman–Crippen LogP) is 2.33. The highest BCUT2D eigenvalue weighted by molar-refractivity contribution is 6.05. The third-order valence-electron chi connectivity index (χ3n) is 4.79. The van der Waals surface area contributed by atoms with Crippen LogP contribution in [0.15, 0.2) is 0 Å². The van der Waals surface area contributed by atoms with Gasteiger partial charge >= 0.3 is 0 Å². The molecule has 4 nitrogen and oxygen atoms in total. The molecule has 0 radical (unpaired) electrons. The fourth-order valence-electron chi connectivity index (χ4n) is 3.58. The minimum atomic E-state index is 0.0164. The summed E-state index contributed by atoms with van der Waals surface area (Å²) in [7, 11) is 0. The van der Waals surface area contributed by atoms with E-state index < -0.39 is 0 Å². The lowest BCUT2D eigenvalue weighted by Crippen LogP contribution is -2.34. The summed E-state index contributed by atoms with van der Waals surface area (Å²) in [6.45, 7) is 6.02. The van der Waals surface area contributed by atoms with Gasteiger partial charge in [0.15, 0.2) is 0 Å². The monoisotopic (exact) mass is 280 g/mol. The number of carbonyl (C=O) groups excluding carboxylic acids is 2. The third kappa shape index (κ3) is 3.22. The Balaban J connectivity index is 1.76. The van der Waals surface area contributed by atoms with Crippen molar-refractivity contribution < 1.29 is 9.59 Å². The van der Waals surface area contributed by atoms with Crippen molar-refractivity contribution in [3.8, 4) is 0 Å². The van der Waals surface area contributed by atoms with Gasteiger partial charge in [-0.25, -0.2) is 0 Å². The molecular formula is C16H28N2O2. The fraction of sp³-hybridized carbons (Fsp3) is 0.875. The van der Waals surface area contributed by atoms with Crippen molar-refractivity contribution >= 4 is 11.8 Å². The maximum atomic E-state index is 12.2. The molecule has 0 bridgehead atoms. The number of likely N-dealkylation sites (tertiary alicyclic amines) is 1. The highest BCUT2D eigenvalue weighted by Crippen LogP contribution is 2.39. The first kappa shape index (κ1) is 15.5. The van der Waals surface area contributed by atoms with Gasteiger partial charge in [0.2, 0.25) is 11.8 Å². The predicted molar refractivity (Wildman–Crippen MR) is 79.2 cm³/mol. The average molecular weight is 280 g/mol. The number of amides is 2. The lowest BCUT2D eigenvalue weighted by molar-refractivity contribution is -0.140. The second-order valence-electron chi connectivity index (χ2n) is 6.17. The zero-order valence-corrected chi connectivity index (χ0v) is 12.9. The van der Waals surface area contributed by atoms with E-state index in [0.29, 0.717) is 12.6 Å². The first-order valence-corrected chi connectivity index (χ1v) is 8.27. The molecular weight excluding hydrogens is 252 g/mol. The van der Waals surface area contributed by atoms with E-state index in [1.807, 2.05) is 0 Å². The van der Waals surface area contributed by atoms with E-state index in [1.165, 1.54) is 0 Å². The van der Waals surface area contributed by atoms with Gasteiger partial charge in [0.05, 0.1) is 11.8 Å². The largest absolute Gasteiger partial charge is 0.314 e. The van der Waals surface area contributed by atoms with Crippen molar-refractivity contribution in [3.63, 3.8) is 0 Å². The summed E-state index contributed by atoms with van der Waals surface area (Å²) < 4.78 is 0. The van der Waals surface area contributed by atoms with Crippen molar-refractivity contribution in [1.29, 1.82) is 0 Å². The molecule has 4 heteroatoms. The zero-order valence-electron chi connectivity index (χ0n) is 12.9. The first-order chi connectivity index (χ1) is 9.69. The molecule has 20 heavy (non-hydrogen) atoms. The van der Waals surface area contributed by atoms with Crippen LogP contribution in [0.4, 0.5) is 0 Å². The number of hydrogen-bond donors (Lipinski definition) is 1. The van der Waals surface area contributed by atoms with Crippen molar-refractivity contribution in [2.45, 2.75) is 64.8 Å². The van der Waals surface area contributed by atoms with Gasteiger partial charge in [0, 0.05) is 12.6 Å². The summed E-state index contributed by atoms with van der Waals surface area (Å²) >= 11 is 0. The molecule has 0 aromatic heterocycles. The zero-order chi connectivity index (χ0) is 14.5. The lowest BCUT2D eigenvalue weighted by Gasteiger charge is -2.19. The van der Waals surface area contributed by atoms with E-state index in [9.17, 15) is 9.59 Å². The molecule has 1 heterocycles. The Kier molecular flexibility index (Phi) is 5.58. The molecule has 2 amide bonds. The Morgan fingerprint density at radius 1 is 1.20 bits per heavy atom. The molecule has 2 rings (SSSR count). The quantitative estimate of drug-likeness (QED) is 0.694. The maximum absolute atomic E-state index is 12.2. The molecule has 0 aromatic rings. The Morgan fingerprint density at radius 2 is 1.85 bits per heavy atom. The minimum absolute atomic E-state index is 0.0164. The van der Waals surface area contributed by atoms with Crippen LogP contribution in [0.5, 0.6) is 0 Å². The summed E-state index contributed by atoms with van der Waals surface area (Å²) in [5.74, 6) is 0.240. The topological polar surface area (TPSA) is 49.4 Å². The Labute approximate surface area is 122 Å². The molecule has 2 aliphatic rings. The lowest BCUT2D eigenvalue weighted by atomic mass is 10.00. The van der Waals surface area contributed by atoms with Crippen LogP contribution in [0.3, 0.4) is 0 Å². The van der Waals surface area contributed by atoms with Crippen molar-refractivity contribution in [2.24, 2.45) is 11.8 Å². The van der Waals surface area contributed by atoms with Crippen LogP contribution < -0.4 is 5.32 Å². The van der Waals surface area contributed by atoms with Gasteiger partial charge < -0.3 is 5.32 Å². The number of nitrogens with one attached hydrogen (secondary N) is 1. The smallest absolute Gasteiger partial charge is 0.233 e. The number of carbonyl (C=O) groups is 2. The third-order valence-corrected chi connectivity index (χ3v) is 4.79. The fourth-order valence-corrected chi connectivity index (χ4v) is 3.58.